The summed E-state index contributed by atoms with van der Waals surface area (Å²) in [5.41, 5.74) is 1.14. The lowest BCUT2D eigenvalue weighted by Crippen LogP contribution is -2.24. The summed E-state index contributed by atoms with van der Waals surface area (Å²) >= 11 is 0. The number of methoxy groups -OCH3 is 2. The van der Waals surface area contributed by atoms with E-state index in [-0.39, 0.29) is 11.5 Å². The van der Waals surface area contributed by atoms with Gasteiger partial charge in [0.05, 0.1) is 19.8 Å². The fourth-order valence-corrected chi connectivity index (χ4v) is 3.27. The number of esters is 1. The summed E-state index contributed by atoms with van der Waals surface area (Å²) in [6, 6.07) is 10.00. The second-order valence-electron chi connectivity index (χ2n) is 6.63. The lowest BCUT2D eigenvalue weighted by Gasteiger charge is -2.09. The standard InChI is InChI=1S/C22H20O7/c1-25-16-8-5-13(10-19(16)26-2)11-20-21(23)15-7-6-14(12-18(15)29-20)28-22(24)17-4-3-9-27-17/h5-8,10-12,17H,3-4,9H2,1-2H3/b20-11-. The summed E-state index contributed by atoms with van der Waals surface area (Å²) in [6.45, 7) is 0.561. The highest BCUT2D eigenvalue weighted by molar-refractivity contribution is 6.14. The van der Waals surface area contributed by atoms with Gasteiger partial charge in [-0.3, -0.25) is 4.79 Å². The van der Waals surface area contributed by atoms with Crippen LogP contribution in [0.4, 0.5) is 0 Å². The van der Waals surface area contributed by atoms with Gasteiger partial charge in [-0.05, 0) is 48.7 Å². The van der Waals surface area contributed by atoms with Crippen LogP contribution in [0, 0.1) is 0 Å². The molecule has 4 rings (SSSR count). The molecule has 150 valence electrons. The van der Waals surface area contributed by atoms with Crippen LogP contribution >= 0.6 is 0 Å². The van der Waals surface area contributed by atoms with E-state index in [0.29, 0.717) is 41.6 Å². The van der Waals surface area contributed by atoms with Gasteiger partial charge in [0.2, 0.25) is 5.78 Å². The number of carbonyl (C=O) groups excluding carboxylic acids is 2. The van der Waals surface area contributed by atoms with Crippen molar-refractivity contribution in [2.45, 2.75) is 18.9 Å². The Labute approximate surface area is 167 Å². The molecule has 0 N–H and O–H groups in total. The van der Waals surface area contributed by atoms with Gasteiger partial charge >= 0.3 is 5.97 Å². The quantitative estimate of drug-likeness (QED) is 0.435. The molecule has 0 amide bonds. The van der Waals surface area contributed by atoms with Gasteiger partial charge in [-0.1, -0.05) is 6.07 Å². The van der Waals surface area contributed by atoms with Crippen LogP contribution in [0.15, 0.2) is 42.2 Å². The summed E-state index contributed by atoms with van der Waals surface area (Å²) < 4.78 is 26.9. The first-order chi connectivity index (χ1) is 14.1. The summed E-state index contributed by atoms with van der Waals surface area (Å²) in [4.78, 5) is 24.8. The van der Waals surface area contributed by atoms with Gasteiger partial charge in [-0.25, -0.2) is 4.79 Å². The zero-order chi connectivity index (χ0) is 20.4. The number of hydrogen-bond donors (Lipinski definition) is 0. The van der Waals surface area contributed by atoms with Crippen LogP contribution in [-0.2, 0) is 9.53 Å². The highest BCUT2D eigenvalue weighted by Crippen LogP contribution is 2.36. The number of Topliss-reactive ketones (excluding diaryl/α,β-unsaturated/α-hetero) is 1. The second-order valence-corrected chi connectivity index (χ2v) is 6.63. The molecule has 2 aromatic rings. The van der Waals surface area contributed by atoms with E-state index in [9.17, 15) is 9.59 Å². The van der Waals surface area contributed by atoms with E-state index in [1.807, 2.05) is 0 Å². The van der Waals surface area contributed by atoms with E-state index in [1.165, 1.54) is 6.07 Å². The normalized spacial score (nSPS) is 19.0. The Morgan fingerprint density at radius 3 is 2.66 bits per heavy atom. The Bertz CT molecular complexity index is 987. The molecule has 7 heteroatoms. The average Bonchev–Trinajstić information content (AvgIpc) is 3.37. The SMILES string of the molecule is COc1ccc(/C=C2\Oc3cc(OC(=O)C4CCCO4)ccc3C2=O)cc1OC. The maximum atomic E-state index is 12.6. The van der Waals surface area contributed by atoms with Gasteiger partial charge < -0.3 is 23.7 Å². The van der Waals surface area contributed by atoms with Crippen LogP contribution in [0.5, 0.6) is 23.0 Å². The number of fused-ring (bicyclic) bond motifs is 1. The number of benzene rings is 2. The third kappa shape index (κ3) is 3.82. The van der Waals surface area contributed by atoms with E-state index >= 15 is 0 Å². The summed E-state index contributed by atoms with van der Waals surface area (Å²) in [5, 5.41) is 0. The van der Waals surface area contributed by atoms with E-state index in [2.05, 4.69) is 0 Å². The molecule has 1 saturated heterocycles. The Morgan fingerprint density at radius 1 is 1.10 bits per heavy atom. The van der Waals surface area contributed by atoms with Gasteiger partial charge in [0.25, 0.3) is 0 Å². The van der Waals surface area contributed by atoms with Crippen LogP contribution in [0.1, 0.15) is 28.8 Å². The Morgan fingerprint density at radius 2 is 1.93 bits per heavy atom. The molecule has 2 aliphatic heterocycles. The molecule has 0 aliphatic carbocycles. The van der Waals surface area contributed by atoms with Crippen molar-refractivity contribution in [3.05, 3.63) is 53.3 Å². The largest absolute Gasteiger partial charge is 0.493 e. The Hall–Kier alpha value is -3.32. The second kappa shape index (κ2) is 7.97. The highest BCUT2D eigenvalue weighted by Gasteiger charge is 2.29. The van der Waals surface area contributed by atoms with Crippen molar-refractivity contribution < 1.29 is 33.3 Å². The number of rotatable bonds is 5. The highest BCUT2D eigenvalue weighted by atomic mass is 16.6. The predicted octanol–water partition coefficient (Wildman–Crippen LogP) is 3.40. The van der Waals surface area contributed by atoms with Crippen molar-refractivity contribution in [3.8, 4) is 23.0 Å². The van der Waals surface area contributed by atoms with Gasteiger partial charge in [0.15, 0.2) is 23.4 Å². The molecule has 2 aliphatic rings. The molecule has 1 atom stereocenters. The molecule has 0 saturated carbocycles. The fraction of sp³-hybridized carbons (Fsp3) is 0.273. The summed E-state index contributed by atoms with van der Waals surface area (Å²) in [5.74, 6) is 1.29. The third-order valence-corrected chi connectivity index (χ3v) is 4.76. The zero-order valence-corrected chi connectivity index (χ0v) is 16.1. The van der Waals surface area contributed by atoms with Crippen molar-refractivity contribution in [3.63, 3.8) is 0 Å². The zero-order valence-electron chi connectivity index (χ0n) is 16.1. The van der Waals surface area contributed by atoms with Crippen LogP contribution in [0.25, 0.3) is 6.08 Å². The molecule has 7 nitrogen and oxygen atoms in total. The average molecular weight is 396 g/mol. The Kier molecular flexibility index (Phi) is 5.22. The minimum absolute atomic E-state index is 0.176. The van der Waals surface area contributed by atoms with Crippen molar-refractivity contribution in [1.29, 1.82) is 0 Å². The van der Waals surface area contributed by atoms with Gasteiger partial charge in [-0.2, -0.15) is 0 Å². The van der Waals surface area contributed by atoms with Crippen LogP contribution in [0.3, 0.4) is 0 Å². The monoisotopic (exact) mass is 396 g/mol. The molecule has 0 aromatic heterocycles. The van der Waals surface area contributed by atoms with Gasteiger partial charge in [-0.15, -0.1) is 0 Å². The number of carbonyl (C=O) groups is 2. The van der Waals surface area contributed by atoms with E-state index in [1.54, 1.807) is 50.6 Å². The minimum atomic E-state index is -0.536. The van der Waals surface area contributed by atoms with Crippen molar-refractivity contribution in [2.75, 3.05) is 20.8 Å². The minimum Gasteiger partial charge on any atom is -0.493 e. The molecule has 2 aromatic carbocycles. The molecule has 0 spiro atoms. The number of ketones is 1. The first-order valence-electron chi connectivity index (χ1n) is 9.22. The third-order valence-electron chi connectivity index (χ3n) is 4.76. The van der Waals surface area contributed by atoms with Crippen LogP contribution in [-0.4, -0.2) is 38.7 Å². The molecular weight excluding hydrogens is 376 g/mol. The van der Waals surface area contributed by atoms with E-state index < -0.39 is 12.1 Å². The van der Waals surface area contributed by atoms with Crippen molar-refractivity contribution in [1.82, 2.24) is 0 Å². The van der Waals surface area contributed by atoms with Crippen molar-refractivity contribution in [2.24, 2.45) is 0 Å². The van der Waals surface area contributed by atoms with Crippen LogP contribution < -0.4 is 18.9 Å². The molecule has 1 fully saturated rings. The van der Waals surface area contributed by atoms with E-state index in [0.717, 1.165) is 12.0 Å². The lowest BCUT2D eigenvalue weighted by molar-refractivity contribution is -0.144. The van der Waals surface area contributed by atoms with Crippen molar-refractivity contribution >= 4 is 17.8 Å². The number of ether oxygens (including phenoxy) is 5. The predicted molar refractivity (Wildman–Crippen MR) is 104 cm³/mol. The molecule has 29 heavy (non-hydrogen) atoms. The number of hydrogen-bond acceptors (Lipinski definition) is 7. The molecular formula is C22H20O7. The molecule has 0 radical (unpaired) electrons. The van der Waals surface area contributed by atoms with Crippen LogP contribution in [0.2, 0.25) is 0 Å². The Balaban J connectivity index is 1.53. The summed E-state index contributed by atoms with van der Waals surface area (Å²) in [7, 11) is 3.10. The maximum Gasteiger partial charge on any atom is 0.340 e. The number of allylic oxidation sites excluding steroid dienone is 1. The first kappa shape index (κ1) is 19.0. The molecule has 1 unspecified atom stereocenters. The van der Waals surface area contributed by atoms with Gasteiger partial charge in [0, 0.05) is 12.7 Å². The summed E-state index contributed by atoms with van der Waals surface area (Å²) in [6.07, 6.45) is 2.58. The van der Waals surface area contributed by atoms with E-state index in [4.69, 9.17) is 23.7 Å². The smallest absolute Gasteiger partial charge is 0.340 e. The fourth-order valence-electron chi connectivity index (χ4n) is 3.27. The molecule has 2 heterocycles. The maximum absolute atomic E-state index is 12.6. The molecule has 0 bridgehead atoms. The topological polar surface area (TPSA) is 80.3 Å². The van der Waals surface area contributed by atoms with Gasteiger partial charge in [0.1, 0.15) is 11.5 Å². The first-order valence-corrected chi connectivity index (χ1v) is 9.22. The lowest BCUT2D eigenvalue weighted by atomic mass is 10.1.